The summed E-state index contributed by atoms with van der Waals surface area (Å²) in [4.78, 5) is 24.8. The number of aromatic carboxylic acids is 1. The van der Waals surface area contributed by atoms with Crippen molar-refractivity contribution in [2.45, 2.75) is 25.3 Å². The van der Waals surface area contributed by atoms with Crippen LogP contribution in [0.5, 0.6) is 0 Å². The van der Waals surface area contributed by atoms with E-state index in [1.807, 2.05) is 0 Å². The van der Waals surface area contributed by atoms with Gasteiger partial charge in [0.1, 0.15) is 0 Å². The molecule has 114 valence electrons. The Morgan fingerprint density at radius 1 is 1.38 bits per heavy atom. The number of nitrogens with one attached hydrogen (secondary N) is 1. The van der Waals surface area contributed by atoms with Crippen LogP contribution in [0.1, 0.15) is 29.6 Å². The van der Waals surface area contributed by atoms with E-state index < -0.39 is 5.97 Å². The van der Waals surface area contributed by atoms with Crippen LogP contribution >= 0.6 is 11.6 Å². The molecule has 7 heteroatoms. The molecule has 1 aliphatic rings. The molecule has 21 heavy (non-hydrogen) atoms. The highest BCUT2D eigenvalue weighted by Gasteiger charge is 2.28. The van der Waals surface area contributed by atoms with E-state index in [1.54, 1.807) is 4.90 Å². The predicted molar refractivity (Wildman–Crippen MR) is 78.9 cm³/mol. The number of hydrogen-bond donors (Lipinski definition) is 3. The highest BCUT2D eigenvalue weighted by atomic mass is 35.5. The van der Waals surface area contributed by atoms with Crippen molar-refractivity contribution in [1.82, 2.24) is 4.90 Å². The number of hydrogen-bond acceptors (Lipinski definition) is 3. The summed E-state index contributed by atoms with van der Waals surface area (Å²) in [6.07, 6.45) is 2.89. The van der Waals surface area contributed by atoms with Crippen LogP contribution in [0.25, 0.3) is 0 Å². The minimum absolute atomic E-state index is 0.0482. The number of carbonyl (C=O) groups is 2. The van der Waals surface area contributed by atoms with Gasteiger partial charge in [0.15, 0.2) is 0 Å². The minimum atomic E-state index is -1.09. The van der Waals surface area contributed by atoms with Crippen LogP contribution in [0.3, 0.4) is 0 Å². The zero-order valence-corrected chi connectivity index (χ0v) is 12.1. The first-order chi connectivity index (χ1) is 10.0. The summed E-state index contributed by atoms with van der Waals surface area (Å²) in [6, 6.07) is 3.87. The Labute approximate surface area is 127 Å². The van der Waals surface area contributed by atoms with Gasteiger partial charge in [-0.1, -0.05) is 11.6 Å². The van der Waals surface area contributed by atoms with Crippen molar-refractivity contribution in [2.75, 3.05) is 18.5 Å². The number of halogens is 1. The zero-order valence-electron chi connectivity index (χ0n) is 11.4. The monoisotopic (exact) mass is 312 g/mol. The van der Waals surface area contributed by atoms with Gasteiger partial charge in [-0.05, 0) is 37.5 Å². The smallest absolute Gasteiger partial charge is 0.335 e. The van der Waals surface area contributed by atoms with E-state index in [9.17, 15) is 9.59 Å². The van der Waals surface area contributed by atoms with Crippen LogP contribution in [0.15, 0.2) is 18.2 Å². The van der Waals surface area contributed by atoms with E-state index in [2.05, 4.69) is 5.32 Å². The van der Waals surface area contributed by atoms with Gasteiger partial charge in [-0.25, -0.2) is 9.59 Å². The number of aliphatic hydroxyl groups excluding tert-OH is 1. The van der Waals surface area contributed by atoms with Gasteiger partial charge in [-0.2, -0.15) is 0 Å². The topological polar surface area (TPSA) is 89.9 Å². The van der Waals surface area contributed by atoms with E-state index in [1.165, 1.54) is 18.2 Å². The summed E-state index contributed by atoms with van der Waals surface area (Å²) in [5.74, 6) is -1.09. The number of urea groups is 1. The summed E-state index contributed by atoms with van der Waals surface area (Å²) in [6.45, 7) is 0.125. The van der Waals surface area contributed by atoms with Gasteiger partial charge in [0.05, 0.1) is 22.9 Å². The molecule has 0 heterocycles. The van der Waals surface area contributed by atoms with Gasteiger partial charge < -0.3 is 20.4 Å². The van der Waals surface area contributed by atoms with Gasteiger partial charge in [0.25, 0.3) is 0 Å². The predicted octanol–water partition coefficient (Wildman–Crippen LogP) is 2.42. The lowest BCUT2D eigenvalue weighted by molar-refractivity contribution is 0.0697. The number of carboxylic acids is 1. The summed E-state index contributed by atoms with van der Waals surface area (Å²) in [7, 11) is 0. The number of nitrogens with zero attached hydrogens (tertiary/aromatic N) is 1. The van der Waals surface area contributed by atoms with Gasteiger partial charge in [0.2, 0.25) is 0 Å². The maximum Gasteiger partial charge on any atom is 0.335 e. The Morgan fingerprint density at radius 2 is 2.10 bits per heavy atom. The van der Waals surface area contributed by atoms with E-state index in [-0.39, 0.29) is 41.5 Å². The number of anilines is 1. The molecule has 0 saturated heterocycles. The minimum Gasteiger partial charge on any atom is -0.478 e. The highest BCUT2D eigenvalue weighted by molar-refractivity contribution is 6.33. The van der Waals surface area contributed by atoms with Crippen LogP contribution in [0, 0.1) is 0 Å². The molecule has 0 aromatic heterocycles. The van der Waals surface area contributed by atoms with Gasteiger partial charge in [-0.3, -0.25) is 0 Å². The highest BCUT2D eigenvalue weighted by Crippen LogP contribution is 2.27. The third kappa shape index (κ3) is 3.65. The molecule has 1 saturated carbocycles. The number of amides is 2. The van der Waals surface area contributed by atoms with Crippen molar-refractivity contribution < 1.29 is 19.8 Å². The number of aliphatic hydroxyl groups is 1. The third-order valence-corrected chi connectivity index (χ3v) is 3.90. The molecule has 0 aliphatic heterocycles. The lowest BCUT2D eigenvalue weighted by Crippen LogP contribution is -2.47. The lowest BCUT2D eigenvalue weighted by atomic mass is 9.92. The largest absolute Gasteiger partial charge is 0.478 e. The maximum atomic E-state index is 12.3. The Morgan fingerprint density at radius 3 is 2.62 bits per heavy atom. The van der Waals surface area contributed by atoms with Crippen molar-refractivity contribution in [3.05, 3.63) is 28.8 Å². The summed E-state index contributed by atoms with van der Waals surface area (Å²) < 4.78 is 0. The molecule has 0 atom stereocenters. The average Bonchev–Trinajstić information content (AvgIpc) is 2.38. The van der Waals surface area contributed by atoms with E-state index in [0.29, 0.717) is 0 Å². The number of carbonyl (C=O) groups excluding carboxylic acids is 1. The third-order valence-electron chi connectivity index (χ3n) is 3.57. The Hall–Kier alpha value is -1.79. The molecule has 0 radical (unpaired) electrons. The van der Waals surface area contributed by atoms with Crippen molar-refractivity contribution in [2.24, 2.45) is 0 Å². The molecule has 0 bridgehead atoms. The molecule has 1 aromatic rings. The van der Waals surface area contributed by atoms with Crippen LogP contribution in [0.2, 0.25) is 5.02 Å². The zero-order chi connectivity index (χ0) is 15.4. The fourth-order valence-electron chi connectivity index (χ4n) is 2.20. The molecule has 2 rings (SSSR count). The SMILES string of the molecule is O=C(O)c1ccc(Cl)c(NC(=O)N(CCO)C2CCC2)c1. The fraction of sp³-hybridized carbons (Fsp3) is 0.429. The molecule has 1 fully saturated rings. The van der Waals surface area contributed by atoms with E-state index in [4.69, 9.17) is 21.8 Å². The molecule has 3 N–H and O–H groups in total. The lowest BCUT2D eigenvalue weighted by Gasteiger charge is -2.37. The Bertz CT molecular complexity index is 546. The summed E-state index contributed by atoms with van der Waals surface area (Å²) in [5, 5.41) is 20.9. The van der Waals surface area contributed by atoms with Crippen molar-refractivity contribution in [1.29, 1.82) is 0 Å². The van der Waals surface area contributed by atoms with Crippen LogP contribution in [0.4, 0.5) is 10.5 Å². The summed E-state index contributed by atoms with van der Waals surface area (Å²) >= 11 is 5.98. The molecular weight excluding hydrogens is 296 g/mol. The maximum absolute atomic E-state index is 12.3. The first-order valence-corrected chi connectivity index (χ1v) is 7.12. The second-order valence-corrected chi connectivity index (χ2v) is 5.34. The number of carboxylic acid groups (broad SMARTS) is 1. The number of rotatable bonds is 5. The first kappa shape index (κ1) is 15.6. The second-order valence-electron chi connectivity index (χ2n) is 4.93. The summed E-state index contributed by atoms with van der Waals surface area (Å²) in [5.41, 5.74) is 0.302. The van der Waals surface area contributed by atoms with Gasteiger partial charge >= 0.3 is 12.0 Å². The van der Waals surface area contributed by atoms with E-state index >= 15 is 0 Å². The molecule has 2 amide bonds. The van der Waals surface area contributed by atoms with Crippen molar-refractivity contribution >= 4 is 29.3 Å². The van der Waals surface area contributed by atoms with E-state index in [0.717, 1.165) is 19.3 Å². The fourth-order valence-corrected chi connectivity index (χ4v) is 2.36. The Balaban J connectivity index is 2.13. The van der Waals surface area contributed by atoms with Crippen molar-refractivity contribution in [3.63, 3.8) is 0 Å². The van der Waals surface area contributed by atoms with Gasteiger partial charge in [-0.15, -0.1) is 0 Å². The Kier molecular flexibility index (Phi) is 5.03. The quantitative estimate of drug-likeness (QED) is 0.779. The van der Waals surface area contributed by atoms with Crippen LogP contribution in [-0.4, -0.2) is 46.3 Å². The van der Waals surface area contributed by atoms with Crippen molar-refractivity contribution in [3.8, 4) is 0 Å². The van der Waals surface area contributed by atoms with Crippen LogP contribution in [-0.2, 0) is 0 Å². The first-order valence-electron chi connectivity index (χ1n) is 6.74. The van der Waals surface area contributed by atoms with Crippen LogP contribution < -0.4 is 5.32 Å². The van der Waals surface area contributed by atoms with Gasteiger partial charge in [0, 0.05) is 12.6 Å². The number of benzene rings is 1. The molecule has 0 unspecified atom stereocenters. The normalized spacial score (nSPS) is 14.4. The molecule has 1 aliphatic carbocycles. The second kappa shape index (κ2) is 6.78. The molecule has 0 spiro atoms. The molecule has 1 aromatic carbocycles. The standard InChI is InChI=1S/C14H17ClN2O4/c15-11-5-4-9(13(19)20)8-12(11)16-14(21)17(6-7-18)10-2-1-3-10/h4-5,8,10,18H,1-3,6-7H2,(H,16,21)(H,19,20). The molecule has 6 nitrogen and oxygen atoms in total. The average molecular weight is 313 g/mol. The molecular formula is C14H17ClN2O4.